The lowest BCUT2D eigenvalue weighted by molar-refractivity contribution is -0.139. The molecule has 138 valence electrons. The summed E-state index contributed by atoms with van der Waals surface area (Å²) in [5.74, 6) is 0.625. The van der Waals surface area contributed by atoms with Crippen LogP contribution < -0.4 is 4.74 Å². The van der Waals surface area contributed by atoms with Gasteiger partial charge in [0.15, 0.2) is 6.10 Å². The molecule has 3 aromatic carbocycles. The van der Waals surface area contributed by atoms with E-state index in [9.17, 15) is 9.90 Å². The first-order valence-corrected chi connectivity index (χ1v) is 8.94. The van der Waals surface area contributed by atoms with Gasteiger partial charge in [-0.15, -0.1) is 0 Å². The fourth-order valence-corrected chi connectivity index (χ4v) is 2.86. The number of hydrogen-bond donors (Lipinski definition) is 1. The van der Waals surface area contributed by atoms with Gasteiger partial charge in [-0.2, -0.15) is 0 Å². The molecule has 1 unspecified atom stereocenters. The van der Waals surface area contributed by atoms with Crippen LogP contribution in [0.25, 0.3) is 0 Å². The molecule has 27 heavy (non-hydrogen) atoms. The van der Waals surface area contributed by atoms with Crippen LogP contribution in [0.3, 0.4) is 0 Å². The fourth-order valence-electron chi connectivity index (χ4n) is 2.86. The summed E-state index contributed by atoms with van der Waals surface area (Å²) >= 11 is 0. The Hall–Kier alpha value is -3.27. The minimum absolute atomic E-state index is 0.0872. The maximum atomic E-state index is 13.1. The Morgan fingerprint density at radius 3 is 1.81 bits per heavy atom. The third-order valence-electron chi connectivity index (χ3n) is 4.24. The van der Waals surface area contributed by atoms with Crippen LogP contribution in [0.15, 0.2) is 84.9 Å². The lowest BCUT2D eigenvalue weighted by Gasteiger charge is -2.26. The van der Waals surface area contributed by atoms with Gasteiger partial charge in [-0.3, -0.25) is 4.79 Å². The maximum Gasteiger partial charge on any atom is 0.263 e. The third kappa shape index (κ3) is 5.35. The van der Waals surface area contributed by atoms with Crippen LogP contribution in [0, 0.1) is 0 Å². The summed E-state index contributed by atoms with van der Waals surface area (Å²) in [4.78, 5) is 14.9. The van der Waals surface area contributed by atoms with Gasteiger partial charge in [0, 0.05) is 13.1 Å². The molecule has 0 heterocycles. The van der Waals surface area contributed by atoms with Crippen LogP contribution in [0.4, 0.5) is 0 Å². The lowest BCUT2D eigenvalue weighted by Crippen LogP contribution is -2.39. The molecule has 4 heteroatoms. The number of carbonyl (C=O) groups excluding carboxylic acids is 1. The Morgan fingerprint density at radius 1 is 0.852 bits per heavy atom. The number of aromatic hydroxyl groups is 1. The molecule has 0 radical (unpaired) electrons. The molecule has 0 fully saturated rings. The summed E-state index contributed by atoms with van der Waals surface area (Å²) < 4.78 is 5.79. The van der Waals surface area contributed by atoms with Gasteiger partial charge >= 0.3 is 0 Å². The zero-order valence-electron chi connectivity index (χ0n) is 15.3. The van der Waals surface area contributed by atoms with Gasteiger partial charge in [0.05, 0.1) is 0 Å². The average molecular weight is 361 g/mol. The number of nitrogens with zero attached hydrogens (tertiary/aromatic N) is 1. The van der Waals surface area contributed by atoms with Crippen molar-refractivity contribution in [3.63, 3.8) is 0 Å². The number of rotatable bonds is 7. The van der Waals surface area contributed by atoms with Crippen molar-refractivity contribution < 1.29 is 14.6 Å². The Morgan fingerprint density at radius 2 is 1.33 bits per heavy atom. The van der Waals surface area contributed by atoms with Crippen molar-refractivity contribution in [2.45, 2.75) is 26.1 Å². The molecule has 0 aliphatic heterocycles. The van der Waals surface area contributed by atoms with Gasteiger partial charge in [-0.1, -0.05) is 60.7 Å². The van der Waals surface area contributed by atoms with Crippen molar-refractivity contribution in [1.82, 2.24) is 4.90 Å². The summed E-state index contributed by atoms with van der Waals surface area (Å²) in [5.41, 5.74) is 2.14. The van der Waals surface area contributed by atoms with E-state index in [0.29, 0.717) is 18.8 Å². The van der Waals surface area contributed by atoms with Gasteiger partial charge in [-0.25, -0.2) is 0 Å². The first-order valence-electron chi connectivity index (χ1n) is 8.94. The fraction of sp³-hybridized carbons (Fsp3) is 0.174. The highest BCUT2D eigenvalue weighted by atomic mass is 16.5. The third-order valence-corrected chi connectivity index (χ3v) is 4.24. The van der Waals surface area contributed by atoms with E-state index in [1.807, 2.05) is 60.7 Å². The highest BCUT2D eigenvalue weighted by Gasteiger charge is 2.22. The van der Waals surface area contributed by atoms with Crippen molar-refractivity contribution in [3.8, 4) is 11.5 Å². The standard InChI is InChI=1S/C23H23NO3/c1-18(27-22-14-12-21(25)13-15-22)23(26)24(16-19-8-4-2-5-9-19)17-20-10-6-3-7-11-20/h2-15,18,25H,16-17H2,1H3. The van der Waals surface area contributed by atoms with Crippen LogP contribution >= 0.6 is 0 Å². The number of carbonyl (C=O) groups is 1. The molecule has 0 spiro atoms. The van der Waals surface area contributed by atoms with E-state index in [1.165, 1.54) is 12.1 Å². The van der Waals surface area contributed by atoms with E-state index in [-0.39, 0.29) is 11.7 Å². The number of ether oxygens (including phenoxy) is 1. The van der Waals surface area contributed by atoms with Crippen molar-refractivity contribution in [2.24, 2.45) is 0 Å². The second-order valence-electron chi connectivity index (χ2n) is 6.42. The number of phenolic OH excluding ortho intramolecular Hbond substituents is 1. The molecule has 4 nitrogen and oxygen atoms in total. The summed E-state index contributed by atoms with van der Waals surface area (Å²) in [5, 5.41) is 9.39. The van der Waals surface area contributed by atoms with E-state index in [2.05, 4.69) is 0 Å². The molecule has 3 aromatic rings. The first-order chi connectivity index (χ1) is 13.1. The number of amides is 1. The number of phenols is 1. The summed E-state index contributed by atoms with van der Waals surface area (Å²) in [6.07, 6.45) is -0.637. The zero-order chi connectivity index (χ0) is 19.1. The van der Waals surface area contributed by atoms with Crippen molar-refractivity contribution in [2.75, 3.05) is 0 Å². The quantitative estimate of drug-likeness (QED) is 0.679. The molecule has 0 saturated carbocycles. The largest absolute Gasteiger partial charge is 0.508 e. The second kappa shape index (κ2) is 8.90. The highest BCUT2D eigenvalue weighted by molar-refractivity contribution is 5.81. The summed E-state index contributed by atoms with van der Waals surface area (Å²) in [7, 11) is 0. The maximum absolute atomic E-state index is 13.1. The molecule has 1 N–H and O–H groups in total. The van der Waals surface area contributed by atoms with Crippen LogP contribution in [0.5, 0.6) is 11.5 Å². The smallest absolute Gasteiger partial charge is 0.263 e. The molecule has 1 atom stereocenters. The van der Waals surface area contributed by atoms with Crippen LogP contribution in [0.1, 0.15) is 18.1 Å². The number of hydrogen-bond acceptors (Lipinski definition) is 3. The molecule has 0 saturated heterocycles. The summed E-state index contributed by atoms with van der Waals surface area (Å²) in [6, 6.07) is 26.2. The van der Waals surface area contributed by atoms with Gasteiger partial charge in [0.25, 0.3) is 5.91 Å². The molecule has 3 rings (SSSR count). The predicted molar refractivity (Wildman–Crippen MR) is 105 cm³/mol. The number of benzene rings is 3. The highest BCUT2D eigenvalue weighted by Crippen LogP contribution is 2.19. The molecular formula is C23H23NO3. The summed E-state index contributed by atoms with van der Waals surface area (Å²) in [6.45, 7) is 2.77. The molecule has 1 amide bonds. The van der Waals surface area contributed by atoms with Gasteiger partial charge in [-0.05, 0) is 42.3 Å². The van der Waals surface area contributed by atoms with E-state index in [4.69, 9.17) is 4.74 Å². The van der Waals surface area contributed by atoms with Crippen molar-refractivity contribution >= 4 is 5.91 Å². The molecule has 0 bridgehead atoms. The molecule has 0 aliphatic rings. The zero-order valence-corrected chi connectivity index (χ0v) is 15.3. The van der Waals surface area contributed by atoms with Crippen LogP contribution in [-0.2, 0) is 17.9 Å². The molecule has 0 aromatic heterocycles. The van der Waals surface area contributed by atoms with Gasteiger partial charge < -0.3 is 14.7 Å². The van der Waals surface area contributed by atoms with E-state index >= 15 is 0 Å². The van der Waals surface area contributed by atoms with Crippen LogP contribution in [-0.4, -0.2) is 22.0 Å². The Bertz CT molecular complexity index is 806. The Balaban J connectivity index is 1.75. The predicted octanol–water partition coefficient (Wildman–Crippen LogP) is 4.39. The topological polar surface area (TPSA) is 49.8 Å². The van der Waals surface area contributed by atoms with E-state index in [0.717, 1.165) is 11.1 Å². The SMILES string of the molecule is CC(Oc1ccc(O)cc1)C(=O)N(Cc1ccccc1)Cc1ccccc1. The van der Waals surface area contributed by atoms with Crippen molar-refractivity contribution in [3.05, 3.63) is 96.1 Å². The van der Waals surface area contributed by atoms with Crippen molar-refractivity contribution in [1.29, 1.82) is 0 Å². The van der Waals surface area contributed by atoms with E-state index in [1.54, 1.807) is 24.0 Å². The average Bonchev–Trinajstić information content (AvgIpc) is 2.70. The minimum atomic E-state index is -0.637. The monoisotopic (exact) mass is 361 g/mol. The van der Waals surface area contributed by atoms with Gasteiger partial charge in [0.2, 0.25) is 0 Å². The van der Waals surface area contributed by atoms with Crippen LogP contribution in [0.2, 0.25) is 0 Å². The molecule has 0 aliphatic carbocycles. The minimum Gasteiger partial charge on any atom is -0.508 e. The Labute approximate surface area is 159 Å². The van der Waals surface area contributed by atoms with Gasteiger partial charge in [0.1, 0.15) is 11.5 Å². The second-order valence-corrected chi connectivity index (χ2v) is 6.42. The normalized spacial score (nSPS) is 11.6. The lowest BCUT2D eigenvalue weighted by atomic mass is 10.1. The van der Waals surface area contributed by atoms with E-state index < -0.39 is 6.10 Å². The molecular weight excluding hydrogens is 338 g/mol. The Kier molecular flexibility index (Phi) is 6.10. The first kappa shape index (κ1) is 18.5.